The number of benzene rings is 2. The minimum Gasteiger partial charge on any atom is -0.363 e. The molecular weight excluding hydrogens is 433 g/mol. The second-order valence-corrected chi connectivity index (χ2v) is 7.75. The second kappa shape index (κ2) is 7.09. The van der Waals surface area contributed by atoms with Gasteiger partial charge in [0.05, 0.1) is 22.2 Å². The normalized spacial score (nSPS) is 17.9. The first kappa shape index (κ1) is 20.3. The molecule has 0 unspecified atom stereocenters. The smallest absolute Gasteiger partial charge is 0.363 e. The van der Waals surface area contributed by atoms with Gasteiger partial charge in [0, 0.05) is 18.7 Å². The highest BCUT2D eigenvalue weighted by atomic mass is 35.5. The molecule has 2 aliphatic heterocycles. The van der Waals surface area contributed by atoms with E-state index >= 15 is 0 Å². The molecule has 2 aromatic carbocycles. The van der Waals surface area contributed by atoms with Crippen LogP contribution in [0.4, 0.5) is 17.6 Å². The van der Waals surface area contributed by atoms with Gasteiger partial charge in [-0.15, -0.1) is 0 Å². The lowest BCUT2D eigenvalue weighted by Gasteiger charge is -2.39. The first-order valence-electron chi connectivity index (χ1n) is 8.57. The van der Waals surface area contributed by atoms with E-state index in [1.807, 2.05) is 0 Å². The third kappa shape index (κ3) is 3.57. The first-order valence-corrected chi connectivity index (χ1v) is 9.32. The van der Waals surface area contributed by atoms with Gasteiger partial charge in [-0.05, 0) is 41.0 Å². The summed E-state index contributed by atoms with van der Waals surface area (Å²) in [6.07, 6.45) is -4.40. The minimum atomic E-state index is -4.87. The monoisotopic (exact) mass is 445 g/mol. The van der Waals surface area contributed by atoms with Crippen LogP contribution in [0.25, 0.3) is 5.57 Å². The quantitative estimate of drug-likeness (QED) is 0.302. The van der Waals surface area contributed by atoms with Gasteiger partial charge in [-0.25, -0.2) is 4.39 Å². The molecule has 0 bridgehead atoms. The number of nitrogens with one attached hydrogen (secondary N) is 1. The van der Waals surface area contributed by atoms with Crippen molar-refractivity contribution in [2.45, 2.75) is 18.4 Å². The molecule has 1 spiro atoms. The Bertz CT molecular complexity index is 1020. The number of ether oxygens (including phenoxy) is 1. The van der Waals surface area contributed by atoms with Gasteiger partial charge >= 0.3 is 6.18 Å². The van der Waals surface area contributed by atoms with Crippen molar-refractivity contribution in [1.29, 1.82) is 0 Å². The predicted octanol–water partition coefficient (Wildman–Crippen LogP) is 5.29. The average molecular weight is 446 g/mol. The summed E-state index contributed by atoms with van der Waals surface area (Å²) in [5, 5.41) is 1.99. The molecule has 0 amide bonds. The lowest BCUT2D eigenvalue weighted by atomic mass is 9.86. The number of carbonyl (C=O) groups is 1. The summed E-state index contributed by atoms with van der Waals surface area (Å²) >= 11 is 11.2. The van der Waals surface area contributed by atoms with Gasteiger partial charge in [-0.3, -0.25) is 4.79 Å². The Morgan fingerprint density at radius 2 is 1.76 bits per heavy atom. The molecule has 3 nitrogen and oxygen atoms in total. The van der Waals surface area contributed by atoms with E-state index in [4.69, 9.17) is 27.9 Å². The van der Waals surface area contributed by atoms with E-state index in [9.17, 15) is 22.4 Å². The number of carbonyl (C=O) groups excluding carboxylic acids is 1. The van der Waals surface area contributed by atoms with Crippen molar-refractivity contribution in [1.82, 2.24) is 5.32 Å². The average Bonchev–Trinajstić information content (AvgIpc) is 3.01. The first-order chi connectivity index (χ1) is 13.6. The standard InChI is InChI=1S/C20H13Cl2F4NO2/c21-15-4-11(5-16(22)18(15)23)14(20(24,25)26)6-17(28)10-1-2-13-12(3-10)7-29-19(13)8-27-9-19/h1-6,27H,7-9H2. The summed E-state index contributed by atoms with van der Waals surface area (Å²) < 4.78 is 60.1. The number of allylic oxidation sites excluding steroid dienone is 2. The van der Waals surface area contributed by atoms with Crippen LogP contribution in [0.1, 0.15) is 27.0 Å². The highest BCUT2D eigenvalue weighted by Gasteiger charge is 2.45. The van der Waals surface area contributed by atoms with Crippen LogP contribution in [0.5, 0.6) is 0 Å². The van der Waals surface area contributed by atoms with Gasteiger partial charge in [0.2, 0.25) is 0 Å². The summed E-state index contributed by atoms with van der Waals surface area (Å²) in [4.78, 5) is 12.6. The largest absolute Gasteiger partial charge is 0.417 e. The van der Waals surface area contributed by atoms with Crippen LogP contribution < -0.4 is 5.32 Å². The zero-order valence-corrected chi connectivity index (χ0v) is 16.2. The molecule has 1 saturated heterocycles. The van der Waals surface area contributed by atoms with Gasteiger partial charge < -0.3 is 10.1 Å². The van der Waals surface area contributed by atoms with Gasteiger partial charge in [-0.1, -0.05) is 35.3 Å². The maximum absolute atomic E-state index is 13.6. The highest BCUT2D eigenvalue weighted by molar-refractivity contribution is 6.35. The molecule has 152 valence electrons. The van der Waals surface area contributed by atoms with Gasteiger partial charge in [0.1, 0.15) is 5.60 Å². The van der Waals surface area contributed by atoms with E-state index in [1.54, 1.807) is 12.1 Å². The van der Waals surface area contributed by atoms with Crippen molar-refractivity contribution < 1.29 is 27.1 Å². The number of fused-ring (bicyclic) bond motifs is 2. The van der Waals surface area contributed by atoms with Crippen LogP contribution in [0.15, 0.2) is 36.4 Å². The van der Waals surface area contributed by atoms with Crippen LogP contribution in [0.2, 0.25) is 10.0 Å². The van der Waals surface area contributed by atoms with Crippen molar-refractivity contribution >= 4 is 34.6 Å². The highest BCUT2D eigenvalue weighted by Crippen LogP contribution is 2.40. The molecule has 9 heteroatoms. The number of hydrogen-bond acceptors (Lipinski definition) is 3. The third-order valence-electron chi connectivity index (χ3n) is 5.08. The van der Waals surface area contributed by atoms with Crippen molar-refractivity contribution in [2.75, 3.05) is 13.1 Å². The molecule has 2 aliphatic rings. The van der Waals surface area contributed by atoms with E-state index in [2.05, 4.69) is 5.32 Å². The summed E-state index contributed by atoms with van der Waals surface area (Å²) in [5.74, 6) is -1.87. The molecule has 0 atom stereocenters. The molecule has 0 saturated carbocycles. The predicted molar refractivity (Wildman–Crippen MR) is 101 cm³/mol. The molecule has 1 N–H and O–H groups in total. The molecule has 0 aliphatic carbocycles. The molecule has 0 radical (unpaired) electrons. The molecule has 29 heavy (non-hydrogen) atoms. The van der Waals surface area contributed by atoms with Gasteiger partial charge in [-0.2, -0.15) is 13.2 Å². The van der Waals surface area contributed by atoms with Crippen LogP contribution in [-0.2, 0) is 16.9 Å². The molecule has 2 aromatic rings. The molecule has 4 rings (SSSR count). The Kier molecular flexibility index (Phi) is 4.98. The summed E-state index contributed by atoms with van der Waals surface area (Å²) in [6, 6.07) is 6.31. The minimum absolute atomic E-state index is 0.0951. The third-order valence-corrected chi connectivity index (χ3v) is 5.63. The van der Waals surface area contributed by atoms with Crippen molar-refractivity contribution in [3.05, 3.63) is 74.5 Å². The number of rotatable bonds is 3. The molecule has 1 fully saturated rings. The van der Waals surface area contributed by atoms with Gasteiger partial charge in [0.25, 0.3) is 0 Å². The van der Waals surface area contributed by atoms with E-state index in [-0.39, 0.29) is 12.2 Å². The van der Waals surface area contributed by atoms with E-state index in [0.717, 1.165) is 23.3 Å². The Morgan fingerprint density at radius 1 is 1.10 bits per heavy atom. The van der Waals surface area contributed by atoms with Crippen LogP contribution >= 0.6 is 23.2 Å². The fourth-order valence-corrected chi connectivity index (χ4v) is 3.99. The van der Waals surface area contributed by atoms with Crippen molar-refractivity contribution in [3.63, 3.8) is 0 Å². The summed E-state index contributed by atoms with van der Waals surface area (Å²) in [7, 11) is 0. The summed E-state index contributed by atoms with van der Waals surface area (Å²) in [6.45, 7) is 1.59. The van der Waals surface area contributed by atoms with Crippen LogP contribution in [0.3, 0.4) is 0 Å². The Balaban J connectivity index is 1.71. The zero-order chi connectivity index (χ0) is 21.0. The maximum Gasteiger partial charge on any atom is 0.417 e. The maximum atomic E-state index is 13.6. The number of hydrogen-bond donors (Lipinski definition) is 1. The number of halogens is 6. The van der Waals surface area contributed by atoms with E-state index in [1.165, 1.54) is 6.07 Å². The van der Waals surface area contributed by atoms with Crippen molar-refractivity contribution in [2.24, 2.45) is 0 Å². The summed E-state index contributed by atoms with van der Waals surface area (Å²) in [5.41, 5.74) is -0.366. The van der Waals surface area contributed by atoms with E-state index in [0.29, 0.717) is 19.2 Å². The Hall–Kier alpha value is -1.93. The lowest BCUT2D eigenvalue weighted by molar-refractivity contribution is -0.0746. The number of alkyl halides is 3. The van der Waals surface area contributed by atoms with E-state index < -0.39 is 44.6 Å². The zero-order valence-electron chi connectivity index (χ0n) is 14.7. The fourth-order valence-electron chi connectivity index (χ4n) is 3.50. The van der Waals surface area contributed by atoms with Crippen molar-refractivity contribution in [3.8, 4) is 0 Å². The lowest BCUT2D eigenvalue weighted by Crippen LogP contribution is -2.56. The number of ketones is 1. The fraction of sp³-hybridized carbons (Fsp3) is 0.250. The van der Waals surface area contributed by atoms with Crippen LogP contribution in [0, 0.1) is 5.82 Å². The Morgan fingerprint density at radius 3 is 2.31 bits per heavy atom. The molecule has 0 aromatic heterocycles. The van der Waals surface area contributed by atoms with Gasteiger partial charge in [0.15, 0.2) is 11.6 Å². The molecular formula is C20H13Cl2F4NO2. The van der Waals surface area contributed by atoms with Crippen LogP contribution in [-0.4, -0.2) is 25.0 Å². The molecule has 2 heterocycles. The topological polar surface area (TPSA) is 38.3 Å². The second-order valence-electron chi connectivity index (χ2n) is 6.93. The Labute approximate surface area is 173 Å². The SMILES string of the molecule is O=C(C=C(c1cc(Cl)c(F)c(Cl)c1)C(F)(F)F)c1ccc2c(c1)COC21CNC1.